The van der Waals surface area contributed by atoms with Crippen molar-refractivity contribution in [3.05, 3.63) is 60.2 Å². The molecule has 0 aliphatic rings. The second-order valence-corrected chi connectivity index (χ2v) is 6.21. The first-order valence-electron chi connectivity index (χ1n) is 8.53. The lowest BCUT2D eigenvalue weighted by Crippen LogP contribution is -2.40. The number of aliphatic hydroxyl groups is 1. The molecule has 4 heteroatoms. The average molecular weight is 328 g/mol. The van der Waals surface area contributed by atoms with Gasteiger partial charge in [0.1, 0.15) is 18.5 Å². The molecular weight excluding hydrogens is 300 g/mol. The van der Waals surface area contributed by atoms with Gasteiger partial charge in [0.05, 0.1) is 0 Å². The lowest BCUT2D eigenvalue weighted by atomic mass is 10.1. The minimum Gasteiger partial charge on any atom is -0.491 e. The van der Waals surface area contributed by atoms with Crippen LogP contribution in [0.2, 0.25) is 0 Å². The predicted octanol–water partition coefficient (Wildman–Crippen LogP) is 3.31. The van der Waals surface area contributed by atoms with Crippen LogP contribution in [0.25, 0.3) is 0 Å². The molecule has 4 nitrogen and oxygen atoms in total. The summed E-state index contributed by atoms with van der Waals surface area (Å²) in [7, 11) is 0. The summed E-state index contributed by atoms with van der Waals surface area (Å²) in [5.74, 6) is 0.724. The van der Waals surface area contributed by atoms with Crippen molar-refractivity contribution in [3.63, 3.8) is 0 Å². The van der Waals surface area contributed by atoms with Crippen LogP contribution in [0.5, 0.6) is 5.75 Å². The molecule has 0 radical (unpaired) electrons. The van der Waals surface area contributed by atoms with Crippen molar-refractivity contribution in [2.45, 2.75) is 39.0 Å². The number of hydrogen-bond acceptors (Lipinski definition) is 4. The zero-order chi connectivity index (χ0) is 17.4. The first-order valence-corrected chi connectivity index (χ1v) is 8.53. The van der Waals surface area contributed by atoms with Crippen molar-refractivity contribution >= 4 is 5.69 Å². The minimum atomic E-state index is -0.541. The summed E-state index contributed by atoms with van der Waals surface area (Å²) in [6.07, 6.45) is 0.499. The molecule has 0 heterocycles. The quantitative estimate of drug-likeness (QED) is 0.693. The molecule has 0 aromatic heterocycles. The zero-order valence-electron chi connectivity index (χ0n) is 14.6. The fourth-order valence-electron chi connectivity index (χ4n) is 2.56. The highest BCUT2D eigenvalue weighted by atomic mass is 16.5. The monoisotopic (exact) mass is 328 g/mol. The molecule has 0 fully saturated rings. The van der Waals surface area contributed by atoms with Crippen LogP contribution >= 0.6 is 0 Å². The van der Waals surface area contributed by atoms with Crippen LogP contribution < -0.4 is 10.5 Å². The highest BCUT2D eigenvalue weighted by Crippen LogP contribution is 2.15. The smallest absolute Gasteiger partial charge is 0.119 e. The Kier molecular flexibility index (Phi) is 7.09. The van der Waals surface area contributed by atoms with Gasteiger partial charge in [-0.25, -0.2) is 0 Å². The molecule has 0 amide bonds. The van der Waals surface area contributed by atoms with Crippen molar-refractivity contribution in [2.75, 3.05) is 18.9 Å². The van der Waals surface area contributed by atoms with Gasteiger partial charge < -0.3 is 15.6 Å². The van der Waals surface area contributed by atoms with Crippen LogP contribution in [-0.2, 0) is 6.54 Å². The van der Waals surface area contributed by atoms with Gasteiger partial charge in [-0.05, 0) is 43.2 Å². The van der Waals surface area contributed by atoms with Crippen molar-refractivity contribution in [1.82, 2.24) is 4.90 Å². The highest BCUT2D eigenvalue weighted by Gasteiger charge is 2.17. The molecule has 0 saturated heterocycles. The average Bonchev–Trinajstić information content (AvgIpc) is 2.61. The van der Waals surface area contributed by atoms with Gasteiger partial charge in [-0.3, -0.25) is 4.90 Å². The molecule has 0 bridgehead atoms. The maximum Gasteiger partial charge on any atom is 0.119 e. The van der Waals surface area contributed by atoms with Crippen molar-refractivity contribution in [3.8, 4) is 5.75 Å². The first kappa shape index (κ1) is 18.3. The Morgan fingerprint density at radius 1 is 1.08 bits per heavy atom. The summed E-state index contributed by atoms with van der Waals surface area (Å²) < 4.78 is 5.66. The summed E-state index contributed by atoms with van der Waals surface area (Å²) in [5, 5.41) is 10.4. The fraction of sp³-hybridized carbons (Fsp3) is 0.400. The van der Waals surface area contributed by atoms with Crippen molar-refractivity contribution in [2.24, 2.45) is 0 Å². The Hall–Kier alpha value is -2.04. The second-order valence-electron chi connectivity index (χ2n) is 6.21. The summed E-state index contributed by atoms with van der Waals surface area (Å²) >= 11 is 0. The lowest BCUT2D eigenvalue weighted by molar-refractivity contribution is 0.0506. The van der Waals surface area contributed by atoms with Gasteiger partial charge in [-0.2, -0.15) is 0 Å². The molecule has 0 spiro atoms. The Balaban J connectivity index is 1.89. The highest BCUT2D eigenvalue weighted by molar-refractivity contribution is 5.41. The van der Waals surface area contributed by atoms with E-state index in [0.29, 0.717) is 18.3 Å². The van der Waals surface area contributed by atoms with Gasteiger partial charge in [0.15, 0.2) is 0 Å². The van der Waals surface area contributed by atoms with E-state index in [-0.39, 0.29) is 6.61 Å². The zero-order valence-corrected chi connectivity index (χ0v) is 14.6. The molecule has 0 saturated carbocycles. The Bertz CT molecular complexity index is 586. The third kappa shape index (κ3) is 5.87. The van der Waals surface area contributed by atoms with Gasteiger partial charge in [-0.15, -0.1) is 0 Å². The third-order valence-electron chi connectivity index (χ3n) is 4.21. The molecule has 2 atom stereocenters. The summed E-state index contributed by atoms with van der Waals surface area (Å²) in [6, 6.07) is 18.0. The Morgan fingerprint density at radius 3 is 2.38 bits per heavy atom. The van der Waals surface area contributed by atoms with Gasteiger partial charge in [-0.1, -0.05) is 37.3 Å². The van der Waals surface area contributed by atoms with Crippen LogP contribution in [0.4, 0.5) is 5.69 Å². The van der Waals surface area contributed by atoms with E-state index in [1.807, 2.05) is 30.3 Å². The minimum absolute atomic E-state index is 0.269. The van der Waals surface area contributed by atoms with Crippen LogP contribution in [0.3, 0.4) is 0 Å². The predicted molar refractivity (Wildman–Crippen MR) is 99.0 cm³/mol. The molecule has 3 N–H and O–H groups in total. The van der Waals surface area contributed by atoms with E-state index >= 15 is 0 Å². The Morgan fingerprint density at radius 2 is 1.75 bits per heavy atom. The summed E-state index contributed by atoms with van der Waals surface area (Å²) in [6.45, 7) is 6.04. The topological polar surface area (TPSA) is 58.7 Å². The molecule has 2 rings (SSSR count). The number of benzene rings is 2. The maximum atomic E-state index is 10.4. The van der Waals surface area contributed by atoms with Gasteiger partial charge >= 0.3 is 0 Å². The molecule has 1 unspecified atom stereocenters. The number of anilines is 1. The Labute approximate surface area is 144 Å². The first-order chi connectivity index (χ1) is 11.6. The number of nitrogen functional groups attached to an aromatic ring is 1. The van der Waals surface area contributed by atoms with E-state index in [1.54, 1.807) is 12.1 Å². The van der Waals surface area contributed by atoms with E-state index in [0.717, 1.165) is 18.7 Å². The third-order valence-corrected chi connectivity index (χ3v) is 4.21. The summed E-state index contributed by atoms with van der Waals surface area (Å²) in [4.78, 5) is 2.30. The molecule has 2 aromatic rings. The van der Waals surface area contributed by atoms with E-state index in [4.69, 9.17) is 10.5 Å². The van der Waals surface area contributed by atoms with E-state index < -0.39 is 6.10 Å². The fourth-order valence-corrected chi connectivity index (χ4v) is 2.56. The van der Waals surface area contributed by atoms with Crippen LogP contribution in [0.1, 0.15) is 25.8 Å². The van der Waals surface area contributed by atoms with Crippen LogP contribution in [0.15, 0.2) is 54.6 Å². The van der Waals surface area contributed by atoms with E-state index in [2.05, 4.69) is 30.9 Å². The standard InChI is InChI=1S/C20H28N2O2/c1-3-16(2)22(13-17-7-5-4-6-8-17)14-19(23)15-24-20-11-9-18(21)10-12-20/h4-12,16,19,23H,3,13-15,21H2,1-2H3/t16-,19?/m0/s1. The number of nitrogens with two attached hydrogens (primary N) is 1. The second kappa shape index (κ2) is 9.30. The summed E-state index contributed by atoms with van der Waals surface area (Å²) in [5.41, 5.74) is 7.62. The number of ether oxygens (including phenoxy) is 1. The molecule has 0 aliphatic carbocycles. The van der Waals surface area contributed by atoms with Gasteiger partial charge in [0.2, 0.25) is 0 Å². The van der Waals surface area contributed by atoms with E-state index in [1.165, 1.54) is 5.56 Å². The number of nitrogens with zero attached hydrogens (tertiary/aromatic N) is 1. The molecule has 2 aromatic carbocycles. The number of aliphatic hydroxyl groups excluding tert-OH is 1. The number of rotatable bonds is 9. The van der Waals surface area contributed by atoms with Gasteiger partial charge in [0.25, 0.3) is 0 Å². The molecule has 130 valence electrons. The normalized spacial score (nSPS) is 13.7. The van der Waals surface area contributed by atoms with E-state index in [9.17, 15) is 5.11 Å². The molecule has 24 heavy (non-hydrogen) atoms. The lowest BCUT2D eigenvalue weighted by Gasteiger charge is -2.30. The SMILES string of the molecule is CC[C@H](C)N(Cc1ccccc1)CC(O)COc1ccc(N)cc1. The molecular formula is C20H28N2O2. The van der Waals surface area contributed by atoms with Crippen molar-refractivity contribution < 1.29 is 9.84 Å². The number of hydrogen-bond donors (Lipinski definition) is 2. The van der Waals surface area contributed by atoms with Crippen LogP contribution in [0, 0.1) is 0 Å². The van der Waals surface area contributed by atoms with Gasteiger partial charge in [0, 0.05) is 24.8 Å². The molecule has 0 aliphatic heterocycles. The largest absolute Gasteiger partial charge is 0.491 e. The van der Waals surface area contributed by atoms with Crippen molar-refractivity contribution in [1.29, 1.82) is 0 Å². The van der Waals surface area contributed by atoms with Crippen LogP contribution in [-0.4, -0.2) is 35.3 Å². The maximum absolute atomic E-state index is 10.4.